The molecule has 0 N–H and O–H groups in total. The molecule has 0 aromatic heterocycles. The van der Waals surface area contributed by atoms with Gasteiger partial charge in [0.1, 0.15) is 0 Å². The Kier molecular flexibility index (Phi) is 4.51. The number of rotatable bonds is 5. The maximum Gasteiger partial charge on any atom is 0.261 e. The van der Waals surface area contributed by atoms with Gasteiger partial charge >= 0.3 is 0 Å². The largest absolute Gasteiger partial charge is 0.270 e. The Morgan fingerprint density at radius 3 is 2.20 bits per heavy atom. The number of nitrogens with zero attached hydrogens (tertiary/aromatic N) is 1. The summed E-state index contributed by atoms with van der Waals surface area (Å²) in [6.45, 7) is 4.51. The Bertz CT molecular complexity index is 549. The second kappa shape index (κ2) is 6.33. The number of amides is 2. The first-order valence-electron chi connectivity index (χ1n) is 6.99. The number of carbonyl (C=O) groups excluding carboxylic acids is 2. The van der Waals surface area contributed by atoms with Crippen molar-refractivity contribution in [2.45, 2.75) is 26.7 Å². The van der Waals surface area contributed by atoms with Crippen molar-refractivity contribution in [2.75, 3.05) is 6.54 Å². The Morgan fingerprint density at radius 2 is 1.70 bits per heavy atom. The molecule has 0 saturated heterocycles. The third-order valence-electron chi connectivity index (χ3n) is 3.37. The predicted molar refractivity (Wildman–Crippen MR) is 79.6 cm³/mol. The number of benzene rings is 1. The van der Waals surface area contributed by atoms with Crippen LogP contribution < -0.4 is 0 Å². The van der Waals surface area contributed by atoms with Crippen LogP contribution >= 0.6 is 0 Å². The summed E-state index contributed by atoms with van der Waals surface area (Å²) in [5, 5.41) is 0. The zero-order valence-corrected chi connectivity index (χ0v) is 11.9. The van der Waals surface area contributed by atoms with Crippen molar-refractivity contribution >= 4 is 11.8 Å². The lowest BCUT2D eigenvalue weighted by Gasteiger charge is -2.10. The molecule has 20 heavy (non-hydrogen) atoms. The molecule has 3 nitrogen and oxygen atoms in total. The summed E-state index contributed by atoms with van der Waals surface area (Å²) < 4.78 is 0. The highest BCUT2D eigenvalue weighted by molar-refractivity contribution is 6.21. The summed E-state index contributed by atoms with van der Waals surface area (Å²) in [4.78, 5) is 25.6. The maximum absolute atomic E-state index is 12.1. The van der Waals surface area contributed by atoms with Crippen molar-refractivity contribution in [3.8, 4) is 0 Å². The van der Waals surface area contributed by atoms with Crippen LogP contribution in [-0.2, 0) is 0 Å². The zero-order valence-electron chi connectivity index (χ0n) is 11.9. The van der Waals surface area contributed by atoms with Crippen LogP contribution in [0.25, 0.3) is 0 Å². The van der Waals surface area contributed by atoms with Gasteiger partial charge in [0.15, 0.2) is 0 Å². The molecule has 1 aromatic rings. The fraction of sp³-hybridized carbons (Fsp3) is 0.294. The van der Waals surface area contributed by atoms with Crippen molar-refractivity contribution in [3.05, 3.63) is 59.2 Å². The van der Waals surface area contributed by atoms with Crippen LogP contribution in [0, 0.1) is 0 Å². The SMILES string of the molecule is CC/C=C(/C=C/CN1C(=O)c2ccccc2C1=O)CC. The van der Waals surface area contributed by atoms with Crippen molar-refractivity contribution in [3.63, 3.8) is 0 Å². The van der Waals surface area contributed by atoms with Gasteiger partial charge in [-0.15, -0.1) is 0 Å². The van der Waals surface area contributed by atoms with E-state index in [4.69, 9.17) is 0 Å². The van der Waals surface area contributed by atoms with Crippen molar-refractivity contribution in [2.24, 2.45) is 0 Å². The average Bonchev–Trinajstić information content (AvgIpc) is 2.71. The molecule has 0 spiro atoms. The molecule has 104 valence electrons. The lowest BCUT2D eigenvalue weighted by molar-refractivity contribution is 0.0672. The van der Waals surface area contributed by atoms with E-state index in [-0.39, 0.29) is 11.8 Å². The molecule has 0 unspecified atom stereocenters. The minimum absolute atomic E-state index is 0.201. The first-order valence-corrected chi connectivity index (χ1v) is 6.99. The first-order chi connectivity index (χ1) is 9.69. The molecule has 1 heterocycles. The Balaban J connectivity index is 2.10. The summed E-state index contributed by atoms with van der Waals surface area (Å²) in [6.07, 6.45) is 7.96. The van der Waals surface area contributed by atoms with Gasteiger partial charge < -0.3 is 0 Å². The van der Waals surface area contributed by atoms with Gasteiger partial charge in [0, 0.05) is 6.54 Å². The van der Waals surface area contributed by atoms with E-state index in [0.717, 1.165) is 12.8 Å². The molecule has 1 aliphatic heterocycles. The van der Waals surface area contributed by atoms with E-state index in [0.29, 0.717) is 17.7 Å². The molecule has 2 amide bonds. The summed E-state index contributed by atoms with van der Waals surface area (Å²) >= 11 is 0. The molecule has 0 bridgehead atoms. The summed E-state index contributed by atoms with van der Waals surface area (Å²) in [5.41, 5.74) is 2.24. The van der Waals surface area contributed by atoms with Gasteiger partial charge in [-0.2, -0.15) is 0 Å². The number of imide groups is 1. The number of allylic oxidation sites excluding steroid dienone is 3. The highest BCUT2D eigenvalue weighted by Gasteiger charge is 2.33. The monoisotopic (exact) mass is 269 g/mol. The minimum Gasteiger partial charge on any atom is -0.270 e. The van der Waals surface area contributed by atoms with Gasteiger partial charge in [-0.05, 0) is 25.0 Å². The molecule has 0 atom stereocenters. The molecular weight excluding hydrogens is 250 g/mol. The van der Waals surface area contributed by atoms with E-state index in [1.807, 2.05) is 12.2 Å². The van der Waals surface area contributed by atoms with Crippen molar-refractivity contribution in [1.29, 1.82) is 0 Å². The molecule has 0 saturated carbocycles. The summed E-state index contributed by atoms with van der Waals surface area (Å²) in [6, 6.07) is 6.96. The summed E-state index contributed by atoms with van der Waals surface area (Å²) in [5.74, 6) is -0.402. The standard InChI is InChI=1S/C17H19NO2/c1-3-8-13(4-2)9-7-12-18-16(19)14-10-5-6-11-15(14)17(18)20/h5-11H,3-4,12H2,1-2H3/b9-7+,13-8+. The Labute approximate surface area is 119 Å². The highest BCUT2D eigenvalue weighted by Crippen LogP contribution is 2.22. The zero-order chi connectivity index (χ0) is 14.5. The first kappa shape index (κ1) is 14.3. The second-order valence-corrected chi connectivity index (χ2v) is 4.71. The third kappa shape index (κ3) is 2.72. The van der Waals surface area contributed by atoms with Crippen LogP contribution in [0.3, 0.4) is 0 Å². The van der Waals surface area contributed by atoms with Crippen LogP contribution in [-0.4, -0.2) is 23.3 Å². The van der Waals surface area contributed by atoms with Crippen LogP contribution in [0.5, 0.6) is 0 Å². The molecule has 0 aliphatic carbocycles. The van der Waals surface area contributed by atoms with E-state index in [1.54, 1.807) is 24.3 Å². The summed E-state index contributed by atoms with van der Waals surface area (Å²) in [7, 11) is 0. The topological polar surface area (TPSA) is 37.4 Å². The van der Waals surface area contributed by atoms with Gasteiger partial charge in [-0.3, -0.25) is 14.5 Å². The van der Waals surface area contributed by atoms with Gasteiger partial charge in [0.2, 0.25) is 0 Å². The van der Waals surface area contributed by atoms with Crippen LogP contribution in [0.15, 0.2) is 48.1 Å². The fourth-order valence-electron chi connectivity index (χ4n) is 2.31. The number of hydrogen-bond donors (Lipinski definition) is 0. The highest BCUT2D eigenvalue weighted by atomic mass is 16.2. The molecular formula is C17H19NO2. The van der Waals surface area contributed by atoms with Crippen molar-refractivity contribution in [1.82, 2.24) is 4.90 Å². The fourth-order valence-corrected chi connectivity index (χ4v) is 2.31. The normalized spacial score (nSPS) is 15.3. The molecule has 1 aromatic carbocycles. The second-order valence-electron chi connectivity index (χ2n) is 4.71. The number of carbonyl (C=O) groups is 2. The quantitative estimate of drug-likeness (QED) is 0.605. The number of fused-ring (bicyclic) bond motifs is 1. The van der Waals surface area contributed by atoms with E-state index in [2.05, 4.69) is 19.9 Å². The Hall–Kier alpha value is -2.16. The molecule has 0 fully saturated rings. The van der Waals surface area contributed by atoms with Crippen LogP contribution in [0.4, 0.5) is 0 Å². The predicted octanol–water partition coefficient (Wildman–Crippen LogP) is 3.59. The van der Waals surface area contributed by atoms with Gasteiger partial charge in [-0.25, -0.2) is 0 Å². The van der Waals surface area contributed by atoms with E-state index in [9.17, 15) is 9.59 Å². The Morgan fingerprint density at radius 1 is 1.10 bits per heavy atom. The molecule has 0 radical (unpaired) electrons. The minimum atomic E-state index is -0.201. The third-order valence-corrected chi connectivity index (χ3v) is 3.37. The van der Waals surface area contributed by atoms with Crippen LogP contribution in [0.1, 0.15) is 47.4 Å². The van der Waals surface area contributed by atoms with Gasteiger partial charge in [-0.1, -0.05) is 49.8 Å². The molecule has 2 rings (SSSR count). The number of hydrogen-bond acceptors (Lipinski definition) is 2. The average molecular weight is 269 g/mol. The van der Waals surface area contributed by atoms with Gasteiger partial charge in [0.05, 0.1) is 11.1 Å². The van der Waals surface area contributed by atoms with Gasteiger partial charge in [0.25, 0.3) is 11.8 Å². The maximum atomic E-state index is 12.1. The smallest absolute Gasteiger partial charge is 0.261 e. The molecule has 1 aliphatic rings. The van der Waals surface area contributed by atoms with E-state index < -0.39 is 0 Å². The lowest BCUT2D eigenvalue weighted by atomic mass is 10.1. The van der Waals surface area contributed by atoms with E-state index >= 15 is 0 Å². The van der Waals surface area contributed by atoms with Crippen LogP contribution in [0.2, 0.25) is 0 Å². The van der Waals surface area contributed by atoms with E-state index in [1.165, 1.54) is 10.5 Å². The molecule has 3 heteroatoms. The van der Waals surface area contributed by atoms with Crippen molar-refractivity contribution < 1.29 is 9.59 Å². The lowest BCUT2D eigenvalue weighted by Crippen LogP contribution is -2.29.